The highest BCUT2D eigenvalue weighted by Gasteiger charge is 2.10. The molecule has 84 valence electrons. The van der Waals surface area contributed by atoms with E-state index in [4.69, 9.17) is 0 Å². The minimum absolute atomic E-state index is 0.0677. The van der Waals surface area contributed by atoms with Crippen molar-refractivity contribution in [2.24, 2.45) is 0 Å². The number of rotatable bonds is 5. The predicted molar refractivity (Wildman–Crippen MR) is 59.8 cm³/mol. The maximum absolute atomic E-state index is 11.4. The molecule has 1 N–H and O–H groups in total. The molecule has 2 unspecified atom stereocenters. The van der Waals surface area contributed by atoms with Crippen LogP contribution < -0.4 is 5.32 Å². The second-order valence-corrected chi connectivity index (χ2v) is 4.99. The average molecular weight is 220 g/mol. The summed E-state index contributed by atoms with van der Waals surface area (Å²) >= 11 is 0. The number of nitrogens with zero attached hydrogens (tertiary/aromatic N) is 1. The fraction of sp³-hybridized carbons (Fsp3) is 0.889. The molecule has 0 aliphatic heterocycles. The van der Waals surface area contributed by atoms with Crippen LogP contribution in [0.3, 0.4) is 0 Å². The molecule has 0 aromatic rings. The van der Waals surface area contributed by atoms with Crippen LogP contribution in [0.2, 0.25) is 0 Å². The summed E-state index contributed by atoms with van der Waals surface area (Å²) < 4.78 is 10.8. The van der Waals surface area contributed by atoms with Crippen molar-refractivity contribution in [1.82, 2.24) is 10.2 Å². The van der Waals surface area contributed by atoms with Crippen LogP contribution in [-0.4, -0.2) is 46.8 Å². The van der Waals surface area contributed by atoms with Gasteiger partial charge in [-0.25, -0.2) is 4.79 Å². The minimum Gasteiger partial charge on any atom is -0.336 e. The van der Waals surface area contributed by atoms with E-state index in [0.717, 1.165) is 6.42 Å². The van der Waals surface area contributed by atoms with Crippen molar-refractivity contribution < 1.29 is 9.00 Å². The van der Waals surface area contributed by atoms with Gasteiger partial charge in [-0.2, -0.15) is 0 Å². The molecule has 0 spiro atoms. The smallest absolute Gasteiger partial charge is 0.317 e. The Kier molecular flexibility index (Phi) is 6.53. The maximum Gasteiger partial charge on any atom is 0.317 e. The molecule has 0 rings (SSSR count). The van der Waals surface area contributed by atoms with E-state index in [9.17, 15) is 9.00 Å². The molecule has 0 heterocycles. The Labute approximate surface area is 88.5 Å². The molecule has 0 bridgehead atoms. The Balaban J connectivity index is 3.76. The van der Waals surface area contributed by atoms with Crippen LogP contribution in [0.25, 0.3) is 0 Å². The van der Waals surface area contributed by atoms with Crippen LogP contribution in [0.5, 0.6) is 0 Å². The SMILES string of the molecule is CCN(C)C(=O)NC(C)CCS(C)=O. The van der Waals surface area contributed by atoms with Crippen molar-refractivity contribution >= 4 is 16.8 Å². The van der Waals surface area contributed by atoms with Crippen molar-refractivity contribution in [3.05, 3.63) is 0 Å². The highest BCUT2D eigenvalue weighted by molar-refractivity contribution is 7.84. The molecule has 4 nitrogen and oxygen atoms in total. The molecule has 0 radical (unpaired) electrons. The second-order valence-electron chi connectivity index (χ2n) is 3.43. The lowest BCUT2D eigenvalue weighted by atomic mass is 10.3. The van der Waals surface area contributed by atoms with E-state index in [0.29, 0.717) is 12.3 Å². The van der Waals surface area contributed by atoms with Gasteiger partial charge in [-0.3, -0.25) is 4.21 Å². The molecule has 0 aliphatic carbocycles. The van der Waals surface area contributed by atoms with Crippen molar-refractivity contribution in [2.45, 2.75) is 26.3 Å². The molecule has 0 aromatic heterocycles. The molecule has 0 fully saturated rings. The Morgan fingerprint density at radius 2 is 2.14 bits per heavy atom. The largest absolute Gasteiger partial charge is 0.336 e. The van der Waals surface area contributed by atoms with Gasteiger partial charge in [0.05, 0.1) is 0 Å². The van der Waals surface area contributed by atoms with Crippen molar-refractivity contribution in [3.63, 3.8) is 0 Å². The summed E-state index contributed by atoms with van der Waals surface area (Å²) in [6.45, 7) is 4.54. The lowest BCUT2D eigenvalue weighted by Gasteiger charge is -2.19. The first kappa shape index (κ1) is 13.4. The molecule has 0 saturated carbocycles. The Bertz CT molecular complexity index is 209. The lowest BCUT2D eigenvalue weighted by molar-refractivity contribution is 0.207. The molecule has 0 saturated heterocycles. The zero-order valence-electron chi connectivity index (χ0n) is 9.37. The van der Waals surface area contributed by atoms with Crippen molar-refractivity contribution in [2.75, 3.05) is 25.6 Å². The zero-order chi connectivity index (χ0) is 11.1. The third-order valence-corrected chi connectivity index (χ3v) is 2.84. The molecule has 0 aliphatic rings. The topological polar surface area (TPSA) is 49.4 Å². The quantitative estimate of drug-likeness (QED) is 0.745. The molecule has 0 aromatic carbocycles. The van der Waals surface area contributed by atoms with Gasteiger partial charge in [-0.15, -0.1) is 0 Å². The number of carbonyl (C=O) groups is 1. The maximum atomic E-state index is 11.4. The first-order valence-corrected chi connectivity index (χ1v) is 6.51. The van der Waals surface area contributed by atoms with Gasteiger partial charge < -0.3 is 10.2 Å². The van der Waals surface area contributed by atoms with Crippen LogP contribution in [0.4, 0.5) is 4.79 Å². The summed E-state index contributed by atoms with van der Waals surface area (Å²) in [6, 6.07) is 0.0160. The van der Waals surface area contributed by atoms with E-state index < -0.39 is 10.8 Å². The standard InChI is InChI=1S/C9H20N2O2S/c1-5-11(3)9(12)10-8(2)6-7-14(4)13/h8H,5-7H2,1-4H3,(H,10,12). The van der Waals surface area contributed by atoms with E-state index in [1.807, 2.05) is 13.8 Å². The predicted octanol–water partition coefficient (Wildman–Crippen LogP) is 0.805. The van der Waals surface area contributed by atoms with E-state index >= 15 is 0 Å². The number of urea groups is 1. The van der Waals surface area contributed by atoms with Gasteiger partial charge in [0.15, 0.2) is 0 Å². The van der Waals surface area contributed by atoms with Crippen molar-refractivity contribution in [3.8, 4) is 0 Å². The number of amides is 2. The summed E-state index contributed by atoms with van der Waals surface area (Å²) in [4.78, 5) is 13.0. The minimum atomic E-state index is -0.778. The molecule has 2 amide bonds. The molecular formula is C9H20N2O2S. The fourth-order valence-corrected chi connectivity index (χ4v) is 1.56. The van der Waals surface area contributed by atoms with Gasteiger partial charge in [0.1, 0.15) is 0 Å². The van der Waals surface area contributed by atoms with Gasteiger partial charge in [0.25, 0.3) is 0 Å². The summed E-state index contributed by atoms with van der Waals surface area (Å²) in [7, 11) is 0.972. The van der Waals surface area contributed by atoms with Gasteiger partial charge in [-0.1, -0.05) is 0 Å². The summed E-state index contributed by atoms with van der Waals surface area (Å²) in [5, 5.41) is 2.84. The van der Waals surface area contributed by atoms with Crippen LogP contribution in [0.15, 0.2) is 0 Å². The average Bonchev–Trinajstić information content (AvgIpc) is 2.13. The van der Waals surface area contributed by atoms with Crippen LogP contribution in [0, 0.1) is 0 Å². The molecular weight excluding hydrogens is 200 g/mol. The second kappa shape index (κ2) is 6.81. The number of carbonyl (C=O) groups excluding carboxylic acids is 1. The lowest BCUT2D eigenvalue weighted by Crippen LogP contribution is -2.42. The fourth-order valence-electron chi connectivity index (χ4n) is 0.879. The number of hydrogen-bond acceptors (Lipinski definition) is 2. The van der Waals surface area contributed by atoms with E-state index in [1.54, 1.807) is 18.2 Å². The summed E-state index contributed by atoms with van der Waals surface area (Å²) in [5.74, 6) is 0.636. The van der Waals surface area contributed by atoms with Gasteiger partial charge in [-0.05, 0) is 20.3 Å². The third-order valence-electron chi connectivity index (χ3n) is 2.03. The van der Waals surface area contributed by atoms with E-state index in [1.165, 1.54) is 0 Å². The van der Waals surface area contributed by atoms with Gasteiger partial charge >= 0.3 is 6.03 Å². The zero-order valence-corrected chi connectivity index (χ0v) is 10.2. The third kappa shape index (κ3) is 5.96. The van der Waals surface area contributed by atoms with Gasteiger partial charge in [0, 0.05) is 42.4 Å². The Morgan fingerprint density at radius 3 is 2.57 bits per heavy atom. The Morgan fingerprint density at radius 1 is 1.57 bits per heavy atom. The van der Waals surface area contributed by atoms with E-state index in [2.05, 4.69) is 5.32 Å². The molecule has 5 heteroatoms. The first-order valence-electron chi connectivity index (χ1n) is 4.79. The summed E-state index contributed by atoms with van der Waals surface area (Å²) in [6.07, 6.45) is 2.43. The Hall–Kier alpha value is -0.580. The van der Waals surface area contributed by atoms with E-state index in [-0.39, 0.29) is 12.1 Å². The highest BCUT2D eigenvalue weighted by atomic mass is 32.2. The van der Waals surface area contributed by atoms with Crippen LogP contribution in [-0.2, 0) is 10.8 Å². The number of hydrogen-bond donors (Lipinski definition) is 1. The first-order chi connectivity index (χ1) is 6.47. The normalized spacial score (nSPS) is 14.6. The monoisotopic (exact) mass is 220 g/mol. The van der Waals surface area contributed by atoms with Crippen LogP contribution >= 0.6 is 0 Å². The van der Waals surface area contributed by atoms with Crippen LogP contribution in [0.1, 0.15) is 20.3 Å². The highest BCUT2D eigenvalue weighted by Crippen LogP contribution is 1.94. The number of nitrogens with one attached hydrogen (secondary N) is 1. The van der Waals surface area contributed by atoms with Crippen molar-refractivity contribution in [1.29, 1.82) is 0 Å². The van der Waals surface area contributed by atoms with Gasteiger partial charge in [0.2, 0.25) is 0 Å². The molecule has 2 atom stereocenters. The summed E-state index contributed by atoms with van der Waals surface area (Å²) in [5.41, 5.74) is 0. The molecule has 14 heavy (non-hydrogen) atoms.